The third kappa shape index (κ3) is 20.9. The molecule has 3 aromatic carbocycles. The van der Waals surface area contributed by atoms with Gasteiger partial charge in [-0.15, -0.1) is 0 Å². The third-order valence-corrected chi connectivity index (χ3v) is 6.49. The van der Waals surface area contributed by atoms with E-state index in [0.29, 0.717) is 36.1 Å². The molecular formula is C35H38Cl2N6O3. The highest BCUT2D eigenvalue weighted by Crippen LogP contribution is 2.10. The molecule has 3 aromatic rings. The van der Waals surface area contributed by atoms with Gasteiger partial charge < -0.3 is 30.5 Å². The molecule has 46 heavy (non-hydrogen) atoms. The first-order valence-electron chi connectivity index (χ1n) is 14.6. The van der Waals surface area contributed by atoms with Gasteiger partial charge in [0.1, 0.15) is 0 Å². The topological polar surface area (TPSA) is 100 Å². The smallest absolute Gasteiger partial charge is 0.227 e. The first kappa shape index (κ1) is 39.1. The van der Waals surface area contributed by atoms with E-state index < -0.39 is 0 Å². The number of carbonyl (C=O) groups is 3. The van der Waals surface area contributed by atoms with Crippen molar-refractivity contribution in [2.75, 3.05) is 32.7 Å². The molecule has 0 aliphatic rings. The van der Waals surface area contributed by atoms with Gasteiger partial charge in [0.15, 0.2) is 0 Å². The summed E-state index contributed by atoms with van der Waals surface area (Å²) >= 11 is 11.5. The van der Waals surface area contributed by atoms with Crippen molar-refractivity contribution < 1.29 is 14.4 Å². The minimum Gasteiger partial charge on any atom is -0.356 e. The lowest BCUT2D eigenvalue weighted by molar-refractivity contribution is -0.121. The summed E-state index contributed by atoms with van der Waals surface area (Å²) in [5.41, 5.74) is 3.34. The Balaban J connectivity index is 0.000000345. The Bertz CT molecular complexity index is 1450. The summed E-state index contributed by atoms with van der Waals surface area (Å²) in [4.78, 5) is 42.8. The minimum atomic E-state index is -0.0963. The number of hydrogen-bond donors (Lipinski definition) is 3. The summed E-state index contributed by atoms with van der Waals surface area (Å²) in [6.45, 7) is 22.1. The molecule has 0 aromatic heterocycles. The van der Waals surface area contributed by atoms with Crippen molar-refractivity contribution in [1.29, 1.82) is 0 Å². The quantitative estimate of drug-likeness (QED) is 0.179. The molecule has 0 radical (unpaired) electrons. The van der Waals surface area contributed by atoms with Crippen LogP contribution in [0.1, 0.15) is 36.0 Å². The second kappa shape index (κ2) is 25.4. The van der Waals surface area contributed by atoms with E-state index in [1.54, 1.807) is 12.1 Å². The maximum Gasteiger partial charge on any atom is 0.227 e. The van der Waals surface area contributed by atoms with Crippen molar-refractivity contribution >= 4 is 40.9 Å². The highest BCUT2D eigenvalue weighted by atomic mass is 35.5. The van der Waals surface area contributed by atoms with E-state index in [1.165, 1.54) is 5.56 Å². The van der Waals surface area contributed by atoms with Gasteiger partial charge in [-0.25, -0.2) is 19.7 Å². The fourth-order valence-electron chi connectivity index (χ4n) is 3.53. The van der Waals surface area contributed by atoms with E-state index in [-0.39, 0.29) is 50.2 Å². The predicted molar refractivity (Wildman–Crippen MR) is 183 cm³/mol. The van der Waals surface area contributed by atoms with Gasteiger partial charge >= 0.3 is 0 Å². The van der Waals surface area contributed by atoms with E-state index in [0.717, 1.165) is 24.0 Å². The molecule has 240 valence electrons. The van der Waals surface area contributed by atoms with E-state index in [4.69, 9.17) is 42.9 Å². The van der Waals surface area contributed by atoms with Crippen LogP contribution in [0.3, 0.4) is 0 Å². The van der Waals surface area contributed by atoms with Crippen molar-refractivity contribution in [1.82, 2.24) is 16.0 Å². The van der Waals surface area contributed by atoms with E-state index in [9.17, 15) is 14.4 Å². The Morgan fingerprint density at radius 2 is 0.891 bits per heavy atom. The molecule has 3 rings (SSSR count). The molecule has 0 heterocycles. The molecule has 0 fully saturated rings. The van der Waals surface area contributed by atoms with Crippen LogP contribution in [-0.2, 0) is 33.8 Å². The summed E-state index contributed by atoms with van der Waals surface area (Å²) < 4.78 is 0. The fraction of sp³-hybridized carbons (Fsp3) is 0.314. The van der Waals surface area contributed by atoms with Crippen molar-refractivity contribution in [2.45, 2.75) is 38.6 Å². The van der Waals surface area contributed by atoms with Crippen molar-refractivity contribution in [3.63, 3.8) is 0 Å². The Kier molecular flexibility index (Phi) is 21.7. The first-order valence-corrected chi connectivity index (χ1v) is 15.4. The zero-order chi connectivity index (χ0) is 33.8. The van der Waals surface area contributed by atoms with Crippen molar-refractivity contribution in [3.05, 3.63) is 140 Å². The van der Waals surface area contributed by atoms with Gasteiger partial charge in [-0.1, -0.05) is 77.8 Å². The lowest BCUT2D eigenvalue weighted by Gasteiger charge is -2.03. The Labute approximate surface area is 281 Å². The summed E-state index contributed by atoms with van der Waals surface area (Å²) in [5.74, 6) is -0.201. The number of halogens is 2. The number of rotatable bonds is 14. The molecular weight excluding hydrogens is 623 g/mol. The van der Waals surface area contributed by atoms with Gasteiger partial charge in [-0.2, -0.15) is 0 Å². The molecule has 0 aliphatic heterocycles. The molecule has 9 nitrogen and oxygen atoms in total. The zero-order valence-corrected chi connectivity index (χ0v) is 27.1. The predicted octanol–water partition coefficient (Wildman–Crippen LogP) is 6.23. The minimum absolute atomic E-state index is 0.0399. The summed E-state index contributed by atoms with van der Waals surface area (Å²) in [6.07, 6.45) is 2.46. The van der Waals surface area contributed by atoms with E-state index >= 15 is 0 Å². The second-order valence-electron chi connectivity index (χ2n) is 9.61. The number of amides is 3. The molecule has 0 unspecified atom stereocenters. The lowest BCUT2D eigenvalue weighted by atomic mass is 10.1. The molecule has 0 aliphatic carbocycles. The molecule has 3 N–H and O–H groups in total. The van der Waals surface area contributed by atoms with E-state index in [2.05, 4.69) is 30.5 Å². The highest BCUT2D eigenvalue weighted by molar-refractivity contribution is 6.30. The maximum atomic E-state index is 11.2. The molecule has 0 bridgehead atoms. The van der Waals surface area contributed by atoms with Crippen LogP contribution in [0.5, 0.6) is 0 Å². The second-order valence-corrected chi connectivity index (χ2v) is 10.5. The molecule has 0 saturated carbocycles. The Morgan fingerprint density at radius 1 is 0.522 bits per heavy atom. The summed E-state index contributed by atoms with van der Waals surface area (Å²) in [7, 11) is 0. The van der Waals surface area contributed by atoms with Crippen LogP contribution in [0.15, 0.2) is 78.9 Å². The van der Waals surface area contributed by atoms with Gasteiger partial charge in [0.2, 0.25) is 37.4 Å². The highest BCUT2D eigenvalue weighted by Gasteiger charge is 2.03. The number of benzene rings is 3. The van der Waals surface area contributed by atoms with Crippen LogP contribution in [0.2, 0.25) is 10.0 Å². The molecule has 0 atom stereocenters. The van der Waals surface area contributed by atoms with Gasteiger partial charge in [0, 0.05) is 29.7 Å². The zero-order valence-electron chi connectivity index (χ0n) is 25.6. The summed E-state index contributed by atoms with van der Waals surface area (Å²) in [6, 6.07) is 24.8. The summed E-state index contributed by atoms with van der Waals surface area (Å²) in [5, 5.41) is 9.67. The molecule has 0 spiro atoms. The van der Waals surface area contributed by atoms with Gasteiger partial charge in [-0.05, 0) is 53.8 Å². The van der Waals surface area contributed by atoms with Crippen LogP contribution in [0.25, 0.3) is 14.5 Å². The SMILES string of the molecule is [C-]#[N+]CCC(=O)NCCc1ccc(Cl)cc1.[C-]#[N+]CCC(=O)NCCc1ccccc1.[C-]#[N+]CCC(=O)NCc1ccc(Cl)cc1. The Morgan fingerprint density at radius 3 is 1.30 bits per heavy atom. The average molecular weight is 662 g/mol. The fourth-order valence-corrected chi connectivity index (χ4v) is 3.78. The van der Waals surface area contributed by atoms with Crippen LogP contribution in [-0.4, -0.2) is 50.4 Å². The molecule has 0 saturated heterocycles. The number of carbonyl (C=O) groups excluding carboxylic acids is 3. The van der Waals surface area contributed by atoms with Crippen molar-refractivity contribution in [2.24, 2.45) is 0 Å². The standard InChI is InChI=1S/C12H13ClN2O.C12H14N2O.C11H11ClN2O/c1-14-8-7-12(16)15-9-6-10-2-4-11(13)5-3-10;1-13-9-8-12(15)14-10-7-11-5-3-2-4-6-11;1-13-7-6-11(15)14-8-9-2-4-10(12)5-3-9/h2-5H,6-9H2,(H,15,16);2-6H,7-10H2,(H,14,15);2-5H,6-8H2,(H,14,15). The normalized spacial score (nSPS) is 9.37. The molecule has 3 amide bonds. The third-order valence-electron chi connectivity index (χ3n) is 5.98. The number of hydrogen-bond acceptors (Lipinski definition) is 3. The number of nitrogens with one attached hydrogen (secondary N) is 3. The monoisotopic (exact) mass is 660 g/mol. The van der Waals surface area contributed by atoms with E-state index in [1.807, 2.05) is 66.7 Å². The number of nitrogens with zero attached hydrogens (tertiary/aromatic N) is 3. The van der Waals surface area contributed by atoms with Gasteiger partial charge in [0.05, 0.1) is 19.3 Å². The average Bonchev–Trinajstić information content (AvgIpc) is 3.07. The van der Waals surface area contributed by atoms with Gasteiger partial charge in [0.25, 0.3) is 0 Å². The van der Waals surface area contributed by atoms with Crippen LogP contribution >= 0.6 is 23.2 Å². The van der Waals surface area contributed by atoms with Gasteiger partial charge in [-0.3, -0.25) is 14.4 Å². The molecule has 11 heteroatoms. The van der Waals surface area contributed by atoms with Crippen LogP contribution in [0, 0.1) is 19.7 Å². The first-order chi connectivity index (χ1) is 22.3. The maximum absolute atomic E-state index is 11.2. The Hall–Kier alpha value is -4.88. The largest absolute Gasteiger partial charge is 0.356 e. The van der Waals surface area contributed by atoms with Crippen LogP contribution in [0.4, 0.5) is 0 Å². The van der Waals surface area contributed by atoms with Crippen molar-refractivity contribution in [3.8, 4) is 0 Å². The lowest BCUT2D eigenvalue weighted by Crippen LogP contribution is -2.25. The van der Waals surface area contributed by atoms with Crippen LogP contribution < -0.4 is 16.0 Å².